The van der Waals surface area contributed by atoms with Crippen LogP contribution in [-0.4, -0.2) is 22.8 Å². The molecule has 0 radical (unpaired) electrons. The van der Waals surface area contributed by atoms with Gasteiger partial charge in [0.05, 0.1) is 6.04 Å². The van der Waals surface area contributed by atoms with Crippen LogP contribution in [0.25, 0.3) is 0 Å². The highest BCUT2D eigenvalue weighted by atomic mass is 16.2. The monoisotopic (exact) mass is 339 g/mol. The Bertz CT molecular complexity index is 729. The van der Waals surface area contributed by atoms with Crippen LogP contribution in [0.1, 0.15) is 48.3 Å². The summed E-state index contributed by atoms with van der Waals surface area (Å²) in [5, 5.41) is 5.83. The van der Waals surface area contributed by atoms with Crippen LogP contribution in [-0.2, 0) is 4.79 Å². The van der Waals surface area contributed by atoms with Crippen LogP contribution < -0.4 is 10.6 Å². The van der Waals surface area contributed by atoms with Crippen molar-refractivity contribution in [2.24, 2.45) is 5.92 Å². The lowest BCUT2D eigenvalue weighted by Crippen LogP contribution is -2.50. The highest BCUT2D eigenvalue weighted by Gasteiger charge is 2.26. The number of carbonyl (C=O) groups excluding carboxylic acids is 2. The number of pyridine rings is 1. The molecule has 132 valence electrons. The summed E-state index contributed by atoms with van der Waals surface area (Å²) >= 11 is 0. The fraction of sp³-hybridized carbons (Fsp3) is 0.350. The molecule has 0 saturated carbocycles. The number of aromatic nitrogens is 1. The van der Waals surface area contributed by atoms with Crippen LogP contribution in [0.5, 0.6) is 0 Å². The number of benzene rings is 1. The molecule has 0 aliphatic heterocycles. The summed E-state index contributed by atoms with van der Waals surface area (Å²) in [5.41, 5.74) is 2.44. The van der Waals surface area contributed by atoms with Crippen LogP contribution in [0.15, 0.2) is 48.8 Å². The van der Waals surface area contributed by atoms with Gasteiger partial charge in [-0.2, -0.15) is 0 Å². The maximum absolute atomic E-state index is 12.7. The summed E-state index contributed by atoms with van der Waals surface area (Å²) in [6.07, 6.45) is 3.38. The lowest BCUT2D eigenvalue weighted by Gasteiger charge is -2.24. The predicted octanol–water partition coefficient (Wildman–Crippen LogP) is 3.02. The van der Waals surface area contributed by atoms with E-state index in [2.05, 4.69) is 15.6 Å². The topological polar surface area (TPSA) is 71.1 Å². The lowest BCUT2D eigenvalue weighted by molar-refractivity contribution is -0.124. The van der Waals surface area contributed by atoms with Gasteiger partial charge in [0.25, 0.3) is 5.91 Å². The van der Waals surface area contributed by atoms with Gasteiger partial charge < -0.3 is 10.6 Å². The Hall–Kier alpha value is -2.69. The van der Waals surface area contributed by atoms with Gasteiger partial charge in [0.2, 0.25) is 5.91 Å². The summed E-state index contributed by atoms with van der Waals surface area (Å²) in [4.78, 5) is 29.2. The molecule has 1 aromatic carbocycles. The number of rotatable bonds is 6. The molecule has 0 fully saturated rings. The Labute approximate surface area is 148 Å². The van der Waals surface area contributed by atoms with E-state index in [4.69, 9.17) is 0 Å². The molecule has 2 amide bonds. The molecule has 1 heterocycles. The molecule has 2 unspecified atom stereocenters. The zero-order chi connectivity index (χ0) is 18.4. The molecule has 2 rings (SSSR count). The SMILES string of the molecule is Cc1ccccc1C(=O)NC(C(=O)NC(C)c1ccncc1)C(C)C. The molecular weight excluding hydrogens is 314 g/mol. The molecule has 2 atom stereocenters. The number of nitrogens with zero attached hydrogens (tertiary/aromatic N) is 1. The Morgan fingerprint density at radius 3 is 2.20 bits per heavy atom. The number of aryl methyl sites for hydroxylation is 1. The Morgan fingerprint density at radius 1 is 0.960 bits per heavy atom. The summed E-state index contributed by atoms with van der Waals surface area (Å²) in [7, 11) is 0. The number of hydrogen-bond donors (Lipinski definition) is 2. The molecule has 2 N–H and O–H groups in total. The van der Waals surface area contributed by atoms with Gasteiger partial charge in [-0.1, -0.05) is 32.0 Å². The van der Waals surface area contributed by atoms with Crippen molar-refractivity contribution in [3.05, 3.63) is 65.5 Å². The van der Waals surface area contributed by atoms with E-state index in [1.165, 1.54) is 0 Å². The molecular formula is C20H25N3O2. The van der Waals surface area contributed by atoms with Gasteiger partial charge >= 0.3 is 0 Å². The van der Waals surface area contributed by atoms with Crippen LogP contribution in [0, 0.1) is 12.8 Å². The molecule has 2 aromatic rings. The second-order valence-corrected chi connectivity index (χ2v) is 6.52. The number of nitrogens with one attached hydrogen (secondary N) is 2. The maximum atomic E-state index is 12.7. The Kier molecular flexibility index (Phi) is 6.28. The first-order valence-corrected chi connectivity index (χ1v) is 8.47. The fourth-order valence-electron chi connectivity index (χ4n) is 2.62. The highest BCUT2D eigenvalue weighted by Crippen LogP contribution is 2.13. The molecule has 1 aromatic heterocycles. The second kappa shape index (κ2) is 8.42. The van der Waals surface area contributed by atoms with Gasteiger partial charge in [0, 0.05) is 18.0 Å². The molecule has 0 bridgehead atoms. The summed E-state index contributed by atoms with van der Waals surface area (Å²) < 4.78 is 0. The first-order chi connectivity index (χ1) is 11.9. The van der Waals surface area contributed by atoms with Gasteiger partial charge in [-0.15, -0.1) is 0 Å². The van der Waals surface area contributed by atoms with Crippen LogP contribution in [0.2, 0.25) is 0 Å². The van der Waals surface area contributed by atoms with Crippen molar-refractivity contribution >= 4 is 11.8 Å². The van der Waals surface area contributed by atoms with Gasteiger partial charge in [-0.25, -0.2) is 0 Å². The van der Waals surface area contributed by atoms with E-state index in [1.807, 2.05) is 58.0 Å². The standard InChI is InChI=1S/C20H25N3O2/c1-13(2)18(23-19(24)17-8-6-5-7-14(17)3)20(25)22-15(4)16-9-11-21-12-10-16/h5-13,15,18H,1-4H3,(H,22,25)(H,23,24). The normalized spacial score (nSPS) is 13.2. The van der Waals surface area contributed by atoms with Crippen molar-refractivity contribution in [3.8, 4) is 0 Å². The molecule has 0 saturated heterocycles. The van der Waals surface area contributed by atoms with E-state index in [9.17, 15) is 9.59 Å². The fourth-order valence-corrected chi connectivity index (χ4v) is 2.62. The zero-order valence-electron chi connectivity index (χ0n) is 15.1. The number of amides is 2. The van der Waals surface area contributed by atoms with Gasteiger partial charge in [0.1, 0.15) is 6.04 Å². The lowest BCUT2D eigenvalue weighted by atomic mass is 10.0. The van der Waals surface area contributed by atoms with E-state index >= 15 is 0 Å². The number of hydrogen-bond acceptors (Lipinski definition) is 3. The molecule has 25 heavy (non-hydrogen) atoms. The Balaban J connectivity index is 2.08. The summed E-state index contributed by atoms with van der Waals surface area (Å²) in [6, 6.07) is 10.3. The van der Waals surface area contributed by atoms with Crippen molar-refractivity contribution in [2.75, 3.05) is 0 Å². The molecule has 0 aliphatic rings. The molecule has 5 heteroatoms. The average Bonchev–Trinajstić information content (AvgIpc) is 2.60. The van der Waals surface area contributed by atoms with Crippen molar-refractivity contribution < 1.29 is 9.59 Å². The zero-order valence-corrected chi connectivity index (χ0v) is 15.1. The third-order valence-corrected chi connectivity index (χ3v) is 4.19. The largest absolute Gasteiger partial charge is 0.348 e. The smallest absolute Gasteiger partial charge is 0.252 e. The summed E-state index contributed by atoms with van der Waals surface area (Å²) in [5.74, 6) is -0.456. The van der Waals surface area contributed by atoms with Crippen LogP contribution >= 0.6 is 0 Å². The summed E-state index contributed by atoms with van der Waals surface area (Å²) in [6.45, 7) is 7.62. The third kappa shape index (κ3) is 4.89. The Morgan fingerprint density at radius 2 is 1.60 bits per heavy atom. The maximum Gasteiger partial charge on any atom is 0.252 e. The first-order valence-electron chi connectivity index (χ1n) is 8.47. The minimum Gasteiger partial charge on any atom is -0.348 e. The molecule has 5 nitrogen and oxygen atoms in total. The van der Waals surface area contributed by atoms with Gasteiger partial charge in [-0.05, 0) is 49.1 Å². The second-order valence-electron chi connectivity index (χ2n) is 6.52. The highest BCUT2D eigenvalue weighted by molar-refractivity contribution is 5.98. The van der Waals surface area contributed by atoms with Gasteiger partial charge in [0.15, 0.2) is 0 Å². The van der Waals surface area contributed by atoms with Crippen LogP contribution in [0.3, 0.4) is 0 Å². The van der Waals surface area contributed by atoms with Crippen molar-refractivity contribution in [1.29, 1.82) is 0 Å². The van der Waals surface area contributed by atoms with E-state index in [0.29, 0.717) is 5.56 Å². The minimum absolute atomic E-state index is 0.0300. The minimum atomic E-state index is -0.601. The third-order valence-electron chi connectivity index (χ3n) is 4.19. The average molecular weight is 339 g/mol. The van der Waals surface area contributed by atoms with Crippen molar-refractivity contribution in [1.82, 2.24) is 15.6 Å². The van der Waals surface area contributed by atoms with Crippen molar-refractivity contribution in [3.63, 3.8) is 0 Å². The predicted molar refractivity (Wildman–Crippen MR) is 98.1 cm³/mol. The molecule has 0 aliphatic carbocycles. The van der Waals surface area contributed by atoms with E-state index < -0.39 is 6.04 Å². The van der Waals surface area contributed by atoms with Crippen LogP contribution in [0.4, 0.5) is 0 Å². The quantitative estimate of drug-likeness (QED) is 0.850. The van der Waals surface area contributed by atoms with E-state index in [-0.39, 0.29) is 23.8 Å². The molecule has 0 spiro atoms. The van der Waals surface area contributed by atoms with Gasteiger partial charge in [-0.3, -0.25) is 14.6 Å². The van der Waals surface area contributed by atoms with E-state index in [0.717, 1.165) is 11.1 Å². The van der Waals surface area contributed by atoms with E-state index in [1.54, 1.807) is 18.5 Å². The first kappa shape index (κ1) is 18.6. The van der Waals surface area contributed by atoms with Crippen molar-refractivity contribution in [2.45, 2.75) is 39.8 Å². The number of carbonyl (C=O) groups is 2.